The first-order valence-corrected chi connectivity index (χ1v) is 29.2. The lowest BCUT2D eigenvalue weighted by molar-refractivity contribution is 1.23. The van der Waals surface area contributed by atoms with Gasteiger partial charge in [0.1, 0.15) is 0 Å². The van der Waals surface area contributed by atoms with Crippen molar-refractivity contribution >= 4 is 108 Å². The Morgan fingerprint density at radius 3 is 0.477 bits per heavy atom. The molecule has 0 amide bonds. The topological polar surface area (TPSA) is 47.6 Å². The standard InChI is InChI=1S/C80H58N8/c1-82-62-34-38-70(39-35-62)84(64-22-10-3-11-23-64)72-42-46-74(47-43-72)86(66-26-14-5-15-27-66)76-50-54-78(55-51-76)88(68-30-18-7-19-31-68)80-58-56-79(57-59-80)87(67-28-16-6-17-29-67)77-52-48-75(49-53-77)85(65-24-12-4-13-25-65)73-44-40-71(41-45-73)83(63-20-8-2-9-21-63)69-36-32-61(60-81)33-37-69/h2-59H. The summed E-state index contributed by atoms with van der Waals surface area (Å²) in [6.45, 7) is 7.52. The van der Waals surface area contributed by atoms with Gasteiger partial charge in [0.15, 0.2) is 5.69 Å². The van der Waals surface area contributed by atoms with Gasteiger partial charge in [0.05, 0.1) is 18.2 Å². The Balaban J connectivity index is 0.802. The van der Waals surface area contributed by atoms with Crippen LogP contribution in [0.5, 0.6) is 0 Å². The molecule has 0 fully saturated rings. The average Bonchev–Trinajstić information content (AvgIpc) is 3.71. The third-order valence-electron chi connectivity index (χ3n) is 15.4. The molecular formula is C80H58N8. The van der Waals surface area contributed by atoms with E-state index in [9.17, 15) is 5.26 Å². The summed E-state index contributed by atoms with van der Waals surface area (Å²) in [5.41, 5.74) is 19.5. The van der Waals surface area contributed by atoms with E-state index in [1.54, 1.807) is 0 Å². The van der Waals surface area contributed by atoms with Crippen molar-refractivity contribution in [3.05, 3.63) is 369 Å². The minimum Gasteiger partial charge on any atom is -0.311 e. The average molecular weight is 1130 g/mol. The van der Waals surface area contributed by atoms with Crippen LogP contribution < -0.4 is 29.4 Å². The summed E-state index contributed by atoms with van der Waals surface area (Å²) in [4.78, 5) is 17.2. The van der Waals surface area contributed by atoms with Gasteiger partial charge in [0.25, 0.3) is 0 Å². The summed E-state index contributed by atoms with van der Waals surface area (Å²) < 4.78 is 0. The number of benzene rings is 13. The third-order valence-corrected chi connectivity index (χ3v) is 15.4. The summed E-state index contributed by atoms with van der Waals surface area (Å²) >= 11 is 0. The fourth-order valence-electron chi connectivity index (χ4n) is 11.3. The van der Waals surface area contributed by atoms with E-state index in [1.165, 1.54) is 0 Å². The van der Waals surface area contributed by atoms with Crippen molar-refractivity contribution in [2.45, 2.75) is 0 Å². The lowest BCUT2D eigenvalue weighted by Gasteiger charge is -2.30. The Morgan fingerprint density at radius 1 is 0.193 bits per heavy atom. The molecule has 0 atom stereocenters. The van der Waals surface area contributed by atoms with Crippen molar-refractivity contribution in [3.63, 3.8) is 0 Å². The number of nitriles is 1. The molecule has 0 saturated heterocycles. The molecule has 0 saturated carbocycles. The van der Waals surface area contributed by atoms with E-state index in [0.29, 0.717) is 11.3 Å². The van der Waals surface area contributed by atoms with Crippen molar-refractivity contribution in [1.29, 1.82) is 5.26 Å². The van der Waals surface area contributed by atoms with Crippen molar-refractivity contribution in [2.24, 2.45) is 0 Å². The fourth-order valence-corrected chi connectivity index (χ4v) is 11.3. The maximum Gasteiger partial charge on any atom is 0.187 e. The first-order valence-electron chi connectivity index (χ1n) is 29.2. The summed E-state index contributed by atoms with van der Waals surface area (Å²) in [5, 5.41) is 9.55. The van der Waals surface area contributed by atoms with E-state index < -0.39 is 0 Å². The van der Waals surface area contributed by atoms with Crippen LogP contribution in [0.25, 0.3) is 4.85 Å². The van der Waals surface area contributed by atoms with Gasteiger partial charge in [-0.25, -0.2) is 4.85 Å². The van der Waals surface area contributed by atoms with Gasteiger partial charge in [-0.1, -0.05) is 121 Å². The Morgan fingerprint density at radius 2 is 0.330 bits per heavy atom. The number of para-hydroxylation sites is 6. The number of hydrogen-bond acceptors (Lipinski definition) is 7. The predicted octanol–water partition coefficient (Wildman–Crippen LogP) is 22.9. The van der Waals surface area contributed by atoms with Crippen LogP contribution in [-0.2, 0) is 0 Å². The zero-order chi connectivity index (χ0) is 59.4. The van der Waals surface area contributed by atoms with Crippen molar-refractivity contribution in [1.82, 2.24) is 0 Å². The second-order valence-electron chi connectivity index (χ2n) is 20.9. The molecule has 13 aromatic carbocycles. The van der Waals surface area contributed by atoms with Crippen LogP contribution in [0.2, 0.25) is 0 Å². The van der Waals surface area contributed by atoms with Gasteiger partial charge in [0, 0.05) is 102 Å². The molecule has 0 aliphatic rings. The minimum absolute atomic E-state index is 0.605. The molecule has 88 heavy (non-hydrogen) atoms. The van der Waals surface area contributed by atoms with Crippen LogP contribution in [-0.4, -0.2) is 0 Å². The molecular weight excluding hydrogens is 1070 g/mol. The van der Waals surface area contributed by atoms with E-state index in [1.807, 2.05) is 97.1 Å². The monoisotopic (exact) mass is 1130 g/mol. The normalized spacial score (nSPS) is 10.7. The smallest absolute Gasteiger partial charge is 0.187 e. The molecule has 8 nitrogen and oxygen atoms in total. The van der Waals surface area contributed by atoms with E-state index in [-0.39, 0.29) is 0 Å². The van der Waals surface area contributed by atoms with Crippen molar-refractivity contribution in [3.8, 4) is 6.07 Å². The molecule has 0 aromatic heterocycles. The highest BCUT2D eigenvalue weighted by atomic mass is 15.2. The van der Waals surface area contributed by atoms with Crippen LogP contribution in [0, 0.1) is 17.9 Å². The van der Waals surface area contributed by atoms with E-state index >= 15 is 0 Å². The van der Waals surface area contributed by atoms with Gasteiger partial charge in [-0.3, -0.25) is 0 Å². The number of nitrogens with zero attached hydrogens (tertiary/aromatic N) is 8. The number of hydrogen-bond donors (Lipinski definition) is 0. The summed E-state index contributed by atoms with van der Waals surface area (Å²) in [6, 6.07) is 124. The molecule has 13 rings (SSSR count). The van der Waals surface area contributed by atoms with Crippen molar-refractivity contribution < 1.29 is 0 Å². The highest BCUT2D eigenvalue weighted by molar-refractivity contribution is 5.87. The predicted molar refractivity (Wildman–Crippen MR) is 366 cm³/mol. The van der Waals surface area contributed by atoms with E-state index in [0.717, 1.165) is 102 Å². The molecule has 418 valence electrons. The molecule has 0 heterocycles. The van der Waals surface area contributed by atoms with Crippen LogP contribution in [0.1, 0.15) is 5.56 Å². The quantitative estimate of drug-likeness (QED) is 0.0794. The highest BCUT2D eigenvalue weighted by Gasteiger charge is 2.22. The fraction of sp³-hybridized carbons (Fsp3) is 0. The van der Waals surface area contributed by atoms with Crippen LogP contribution in [0.15, 0.2) is 352 Å². The van der Waals surface area contributed by atoms with Gasteiger partial charge in [0.2, 0.25) is 0 Å². The van der Waals surface area contributed by atoms with Gasteiger partial charge in [-0.2, -0.15) is 5.26 Å². The second kappa shape index (κ2) is 25.6. The number of anilines is 18. The van der Waals surface area contributed by atoms with Crippen molar-refractivity contribution in [2.75, 3.05) is 29.4 Å². The van der Waals surface area contributed by atoms with Gasteiger partial charge >= 0.3 is 0 Å². The van der Waals surface area contributed by atoms with Gasteiger partial charge < -0.3 is 29.4 Å². The molecule has 0 spiro atoms. The largest absolute Gasteiger partial charge is 0.311 e. The maximum atomic E-state index is 9.55. The van der Waals surface area contributed by atoms with Crippen LogP contribution >= 0.6 is 0 Å². The summed E-state index contributed by atoms with van der Waals surface area (Å²) in [6.07, 6.45) is 0. The maximum absolute atomic E-state index is 9.55. The van der Waals surface area contributed by atoms with E-state index in [2.05, 4.69) is 295 Å². The lowest BCUT2D eigenvalue weighted by atomic mass is 10.1. The second-order valence-corrected chi connectivity index (χ2v) is 20.9. The third kappa shape index (κ3) is 11.8. The first-order chi connectivity index (χ1) is 43.6. The lowest BCUT2D eigenvalue weighted by Crippen LogP contribution is -2.14. The molecule has 0 unspecified atom stereocenters. The van der Waals surface area contributed by atoms with Crippen LogP contribution in [0.4, 0.5) is 108 Å². The number of rotatable bonds is 18. The van der Waals surface area contributed by atoms with Gasteiger partial charge in [-0.05, 0) is 231 Å². The SMILES string of the molecule is [C-]#[N+]c1ccc(N(c2ccccc2)c2ccc(N(c3ccccc3)c3ccc(N(c4ccccc4)c4ccc(N(c5ccccc5)c5ccc(N(c6ccccc6)c6ccc(N(c7ccccc7)c7ccc(C#N)cc7)cc6)cc5)cc4)cc3)cc2)cc1. The Labute approximate surface area is 514 Å². The molecule has 0 aliphatic heterocycles. The zero-order valence-corrected chi connectivity index (χ0v) is 48.1. The Kier molecular flexibility index (Phi) is 16.0. The summed E-state index contributed by atoms with van der Waals surface area (Å²) in [7, 11) is 0. The highest BCUT2D eigenvalue weighted by Crippen LogP contribution is 2.45. The molecule has 13 aromatic rings. The minimum atomic E-state index is 0.605. The van der Waals surface area contributed by atoms with E-state index in [4.69, 9.17) is 6.57 Å². The molecule has 0 radical (unpaired) electrons. The Hall–Kier alpha value is -12.4. The first kappa shape index (κ1) is 54.9. The van der Waals surface area contributed by atoms with Crippen LogP contribution in [0.3, 0.4) is 0 Å². The molecule has 0 bridgehead atoms. The molecule has 0 aliphatic carbocycles. The molecule has 8 heteroatoms. The molecule has 0 N–H and O–H groups in total. The summed E-state index contributed by atoms with van der Waals surface area (Å²) in [5.74, 6) is 0. The zero-order valence-electron chi connectivity index (χ0n) is 48.1. The van der Waals surface area contributed by atoms with Gasteiger partial charge in [-0.15, -0.1) is 0 Å². The Bertz CT molecular complexity index is 4160.